The number of hydrogen-bond acceptors (Lipinski definition) is 2. The van der Waals surface area contributed by atoms with Gasteiger partial charge in [0.25, 0.3) is 0 Å². The van der Waals surface area contributed by atoms with Crippen LogP contribution < -0.4 is 0 Å². The Morgan fingerprint density at radius 1 is 0.704 bits per heavy atom. The van der Waals surface area contributed by atoms with Crippen molar-refractivity contribution in [2.45, 2.75) is 103 Å². The molecule has 1 atom stereocenters. The number of thioether (sulfide) groups is 1. The third-order valence-electron chi connectivity index (χ3n) is 5.45. The van der Waals surface area contributed by atoms with E-state index in [9.17, 15) is 5.11 Å². The normalized spacial score (nSPS) is 12.4. The Balaban J connectivity index is 1.81. The van der Waals surface area contributed by atoms with Crippen LogP contribution in [-0.2, 0) is 0 Å². The van der Waals surface area contributed by atoms with Gasteiger partial charge in [-0.15, -0.1) is 0 Å². The van der Waals surface area contributed by atoms with Crippen molar-refractivity contribution in [3.63, 3.8) is 0 Å². The van der Waals surface area contributed by atoms with Gasteiger partial charge < -0.3 is 5.11 Å². The van der Waals surface area contributed by atoms with E-state index in [1.807, 2.05) is 17.8 Å². The zero-order valence-electron chi connectivity index (χ0n) is 17.8. The Morgan fingerprint density at radius 3 is 1.67 bits per heavy atom. The van der Waals surface area contributed by atoms with Crippen LogP contribution in [0.2, 0.25) is 0 Å². The van der Waals surface area contributed by atoms with E-state index in [1.54, 1.807) is 0 Å². The summed E-state index contributed by atoms with van der Waals surface area (Å²) in [7, 11) is 0. The molecule has 0 aliphatic heterocycles. The fraction of sp³-hybridized carbons (Fsp3) is 0.760. The zero-order chi connectivity index (χ0) is 19.4. The molecule has 1 aromatic carbocycles. The summed E-state index contributed by atoms with van der Waals surface area (Å²) < 4.78 is 0. The smallest absolute Gasteiger partial charge is 0.0507 e. The molecule has 0 bridgehead atoms. The lowest BCUT2D eigenvalue weighted by Crippen LogP contribution is -2.07. The first kappa shape index (κ1) is 24.6. The molecule has 0 aliphatic rings. The molecule has 0 spiro atoms. The highest BCUT2D eigenvalue weighted by atomic mass is 32.2. The molecule has 2 heteroatoms. The Kier molecular flexibility index (Phi) is 17.2. The van der Waals surface area contributed by atoms with Crippen LogP contribution in [0.4, 0.5) is 0 Å². The molecule has 1 unspecified atom stereocenters. The molecule has 1 rings (SSSR count). The van der Waals surface area contributed by atoms with E-state index in [2.05, 4.69) is 31.2 Å². The molecule has 27 heavy (non-hydrogen) atoms. The van der Waals surface area contributed by atoms with Gasteiger partial charge in [-0.2, -0.15) is 11.8 Å². The van der Waals surface area contributed by atoms with E-state index in [-0.39, 0.29) is 6.61 Å². The number of unbranched alkanes of at least 4 members (excludes halogenated alkanes) is 13. The minimum absolute atomic E-state index is 0.260. The Labute approximate surface area is 173 Å². The minimum Gasteiger partial charge on any atom is -0.396 e. The first-order valence-electron chi connectivity index (χ1n) is 11.6. The van der Waals surface area contributed by atoms with Gasteiger partial charge in [-0.05, 0) is 17.7 Å². The lowest BCUT2D eigenvalue weighted by molar-refractivity contribution is 0.275. The summed E-state index contributed by atoms with van der Waals surface area (Å²) in [6.45, 7) is 2.55. The Hall–Kier alpha value is -0.470. The molecule has 0 aromatic heterocycles. The molecule has 0 fully saturated rings. The van der Waals surface area contributed by atoms with E-state index in [4.69, 9.17) is 0 Å². The Bertz CT molecular complexity index is 406. The standard InChI is InChI=1S/C25H44OS/c1-2-3-4-5-6-7-8-9-10-11-12-13-14-18-21-27-23-25(22-26)24-19-16-15-17-20-24/h15-17,19-20,25-26H,2-14,18,21-23H2,1H3. The Morgan fingerprint density at radius 2 is 1.19 bits per heavy atom. The SMILES string of the molecule is CCCCCCCCCCCCCCCCSCC(CO)c1ccccc1. The number of benzene rings is 1. The maximum Gasteiger partial charge on any atom is 0.0507 e. The monoisotopic (exact) mass is 392 g/mol. The predicted octanol–water partition coefficient (Wildman–Crippen LogP) is 7.98. The maximum atomic E-state index is 9.59. The molecule has 1 N–H and O–H groups in total. The topological polar surface area (TPSA) is 20.2 Å². The van der Waals surface area contributed by atoms with Crippen molar-refractivity contribution in [2.24, 2.45) is 0 Å². The molecule has 0 heterocycles. The van der Waals surface area contributed by atoms with Gasteiger partial charge in [0.2, 0.25) is 0 Å². The van der Waals surface area contributed by atoms with Gasteiger partial charge in [-0.3, -0.25) is 0 Å². The van der Waals surface area contributed by atoms with Gasteiger partial charge in [0.15, 0.2) is 0 Å². The van der Waals surface area contributed by atoms with Gasteiger partial charge in [-0.25, -0.2) is 0 Å². The molecule has 156 valence electrons. The van der Waals surface area contributed by atoms with Crippen LogP contribution in [0.15, 0.2) is 30.3 Å². The summed E-state index contributed by atoms with van der Waals surface area (Å²) in [5.74, 6) is 2.57. The second-order valence-corrected chi connectivity index (χ2v) is 9.11. The number of aliphatic hydroxyl groups is 1. The quantitative estimate of drug-likeness (QED) is 0.241. The lowest BCUT2D eigenvalue weighted by atomic mass is 10.0. The van der Waals surface area contributed by atoms with Gasteiger partial charge >= 0.3 is 0 Å². The highest BCUT2D eigenvalue weighted by Gasteiger charge is 2.09. The van der Waals surface area contributed by atoms with Gasteiger partial charge in [0.05, 0.1) is 6.61 Å². The zero-order valence-corrected chi connectivity index (χ0v) is 18.7. The molecule has 0 amide bonds. The number of rotatable bonds is 19. The fourth-order valence-electron chi connectivity index (χ4n) is 3.60. The summed E-state index contributed by atoms with van der Waals surface area (Å²) in [6, 6.07) is 10.4. The van der Waals surface area contributed by atoms with E-state index in [0.29, 0.717) is 5.92 Å². The molecule has 1 nitrogen and oxygen atoms in total. The average molecular weight is 393 g/mol. The second-order valence-electron chi connectivity index (χ2n) is 7.96. The fourth-order valence-corrected chi connectivity index (χ4v) is 4.76. The summed E-state index contributed by atoms with van der Waals surface area (Å²) in [5, 5.41) is 9.59. The largest absolute Gasteiger partial charge is 0.396 e. The third kappa shape index (κ3) is 14.2. The second kappa shape index (κ2) is 18.9. The van der Waals surface area contributed by atoms with Crippen LogP contribution in [-0.4, -0.2) is 23.2 Å². The summed E-state index contributed by atoms with van der Waals surface area (Å²) in [5.41, 5.74) is 1.27. The van der Waals surface area contributed by atoms with Crippen LogP contribution in [0, 0.1) is 0 Å². The van der Waals surface area contributed by atoms with Crippen LogP contribution >= 0.6 is 11.8 Å². The van der Waals surface area contributed by atoms with Crippen molar-refractivity contribution in [1.82, 2.24) is 0 Å². The van der Waals surface area contributed by atoms with E-state index in [1.165, 1.54) is 101 Å². The molecular formula is C25H44OS. The molecular weight excluding hydrogens is 348 g/mol. The average Bonchev–Trinajstić information content (AvgIpc) is 2.71. The van der Waals surface area contributed by atoms with Gasteiger partial charge in [-0.1, -0.05) is 121 Å². The molecule has 0 saturated carbocycles. The highest BCUT2D eigenvalue weighted by Crippen LogP contribution is 2.21. The molecule has 1 aromatic rings. The number of aliphatic hydroxyl groups excluding tert-OH is 1. The first-order chi connectivity index (χ1) is 13.4. The van der Waals surface area contributed by atoms with Crippen LogP contribution in [0.1, 0.15) is 108 Å². The van der Waals surface area contributed by atoms with Crippen molar-refractivity contribution in [3.8, 4) is 0 Å². The van der Waals surface area contributed by atoms with Gasteiger partial charge in [0, 0.05) is 11.7 Å². The first-order valence-corrected chi connectivity index (χ1v) is 12.8. The van der Waals surface area contributed by atoms with Crippen molar-refractivity contribution in [3.05, 3.63) is 35.9 Å². The molecule has 0 radical (unpaired) electrons. The van der Waals surface area contributed by atoms with E-state index in [0.717, 1.165) is 5.75 Å². The molecule has 0 saturated heterocycles. The molecule has 0 aliphatic carbocycles. The van der Waals surface area contributed by atoms with Crippen molar-refractivity contribution >= 4 is 11.8 Å². The lowest BCUT2D eigenvalue weighted by Gasteiger charge is -2.14. The maximum absolute atomic E-state index is 9.59. The summed E-state index contributed by atoms with van der Waals surface area (Å²) in [6.07, 6.45) is 19.9. The van der Waals surface area contributed by atoms with Crippen LogP contribution in [0.3, 0.4) is 0 Å². The van der Waals surface area contributed by atoms with Crippen LogP contribution in [0.5, 0.6) is 0 Å². The van der Waals surface area contributed by atoms with Gasteiger partial charge in [0.1, 0.15) is 0 Å². The van der Waals surface area contributed by atoms with Crippen molar-refractivity contribution < 1.29 is 5.11 Å². The van der Waals surface area contributed by atoms with E-state index >= 15 is 0 Å². The minimum atomic E-state index is 0.260. The number of hydrogen-bond donors (Lipinski definition) is 1. The van der Waals surface area contributed by atoms with Crippen molar-refractivity contribution in [1.29, 1.82) is 0 Å². The third-order valence-corrected chi connectivity index (χ3v) is 6.67. The highest BCUT2D eigenvalue weighted by molar-refractivity contribution is 7.99. The summed E-state index contributed by atoms with van der Waals surface area (Å²) in [4.78, 5) is 0. The summed E-state index contributed by atoms with van der Waals surface area (Å²) >= 11 is 2.01. The van der Waals surface area contributed by atoms with Crippen LogP contribution in [0.25, 0.3) is 0 Å². The van der Waals surface area contributed by atoms with Crippen molar-refractivity contribution in [2.75, 3.05) is 18.1 Å². The predicted molar refractivity (Wildman–Crippen MR) is 124 cm³/mol. The van der Waals surface area contributed by atoms with E-state index < -0.39 is 0 Å².